The van der Waals surface area contributed by atoms with E-state index >= 15 is 0 Å². The number of hydrogen-bond donors (Lipinski definition) is 2. The Kier molecular flexibility index (Phi) is 5.32. The molecule has 0 fully saturated rings. The van der Waals surface area contributed by atoms with Gasteiger partial charge in [0.1, 0.15) is 0 Å². The predicted molar refractivity (Wildman–Crippen MR) is 149 cm³/mol. The second kappa shape index (κ2) is 8.78. The van der Waals surface area contributed by atoms with Crippen LogP contribution >= 0.6 is 11.8 Å². The van der Waals surface area contributed by atoms with Crippen molar-refractivity contribution < 1.29 is 0 Å². The van der Waals surface area contributed by atoms with E-state index in [1.165, 1.54) is 21.2 Å². The minimum absolute atomic E-state index is 0.738. The van der Waals surface area contributed by atoms with Crippen molar-refractivity contribution in [2.24, 2.45) is 0 Å². The normalized spacial score (nSPS) is 12.1. The van der Waals surface area contributed by atoms with Crippen LogP contribution in [-0.2, 0) is 0 Å². The summed E-state index contributed by atoms with van der Waals surface area (Å²) in [6.07, 6.45) is 0. The van der Waals surface area contributed by atoms with Crippen LogP contribution in [0.15, 0.2) is 131 Å². The van der Waals surface area contributed by atoms with Gasteiger partial charge in [-0.3, -0.25) is 0 Å². The second-order valence-corrected chi connectivity index (χ2v) is 9.49. The number of fused-ring (bicyclic) bond motifs is 2. The van der Waals surface area contributed by atoms with E-state index in [2.05, 4.69) is 82.6 Å². The molecule has 0 aromatic heterocycles. The van der Waals surface area contributed by atoms with Gasteiger partial charge in [-0.1, -0.05) is 36.0 Å². The van der Waals surface area contributed by atoms with E-state index in [1.54, 1.807) is 0 Å². The molecule has 0 atom stereocenters. The lowest BCUT2D eigenvalue weighted by Gasteiger charge is -2.33. The summed E-state index contributed by atoms with van der Waals surface area (Å²) in [4.78, 5) is 7.04. The zero-order chi connectivity index (χ0) is 23.8. The molecule has 1 heterocycles. The third-order valence-electron chi connectivity index (χ3n) is 6.10. The molecule has 170 valence electrons. The number of benzene rings is 5. The highest BCUT2D eigenvalue weighted by Crippen LogP contribution is 2.51. The van der Waals surface area contributed by atoms with E-state index < -0.39 is 0 Å². The second-order valence-electron chi connectivity index (χ2n) is 8.41. The fourth-order valence-electron chi connectivity index (χ4n) is 4.43. The Balaban J connectivity index is 1.44. The van der Waals surface area contributed by atoms with E-state index in [0.29, 0.717) is 0 Å². The average Bonchev–Trinajstić information content (AvgIpc) is 2.90. The maximum Gasteiger partial charge on any atom is 0.0601 e. The lowest BCUT2D eigenvalue weighted by molar-refractivity contribution is 1.16. The first kappa shape index (κ1) is 21.2. The van der Waals surface area contributed by atoms with Crippen LogP contribution in [0.1, 0.15) is 0 Å². The maximum atomic E-state index is 5.96. The molecule has 1 aliphatic rings. The molecule has 0 bridgehead atoms. The van der Waals surface area contributed by atoms with Crippen LogP contribution in [-0.4, -0.2) is 0 Å². The highest BCUT2D eigenvalue weighted by molar-refractivity contribution is 7.99. The van der Waals surface area contributed by atoms with Crippen LogP contribution in [0.4, 0.5) is 45.5 Å². The molecular formula is C30H24N4S. The summed E-state index contributed by atoms with van der Waals surface area (Å²) < 4.78 is 0. The van der Waals surface area contributed by atoms with Crippen molar-refractivity contribution in [1.82, 2.24) is 0 Å². The number of nitrogens with two attached hydrogens (primary N) is 2. The lowest BCUT2D eigenvalue weighted by atomic mass is 10.1. The lowest BCUT2D eigenvalue weighted by Crippen LogP contribution is -2.15. The highest BCUT2D eigenvalue weighted by atomic mass is 32.2. The Labute approximate surface area is 209 Å². The van der Waals surface area contributed by atoms with Gasteiger partial charge in [-0.15, -0.1) is 0 Å². The molecule has 0 spiro atoms. The number of para-hydroxylation sites is 2. The van der Waals surface area contributed by atoms with E-state index in [0.717, 1.165) is 34.1 Å². The molecular weight excluding hydrogens is 448 g/mol. The summed E-state index contributed by atoms with van der Waals surface area (Å²) in [5.74, 6) is 0. The summed E-state index contributed by atoms with van der Waals surface area (Å²) >= 11 is 1.82. The quantitative estimate of drug-likeness (QED) is 0.253. The zero-order valence-corrected chi connectivity index (χ0v) is 19.8. The first-order valence-corrected chi connectivity index (χ1v) is 12.3. The van der Waals surface area contributed by atoms with Gasteiger partial charge in [0.05, 0.1) is 11.4 Å². The number of anilines is 8. The Hall–Kier alpha value is -4.35. The third-order valence-corrected chi connectivity index (χ3v) is 7.23. The van der Waals surface area contributed by atoms with Gasteiger partial charge in [0, 0.05) is 43.9 Å². The van der Waals surface area contributed by atoms with Crippen LogP contribution in [0.25, 0.3) is 0 Å². The first-order valence-electron chi connectivity index (χ1n) is 11.4. The molecule has 0 radical (unpaired) electrons. The van der Waals surface area contributed by atoms with Crippen LogP contribution < -0.4 is 21.3 Å². The Bertz CT molecular complexity index is 1390. The summed E-state index contributed by atoms with van der Waals surface area (Å²) in [5.41, 5.74) is 20.0. The molecule has 0 saturated heterocycles. The SMILES string of the molecule is Nc1ccc(N(c2ccc(N)cc2)c2ccc(N3c4ccccc4Sc4ccccc43)cc2)cc1. The molecule has 0 aliphatic carbocycles. The van der Waals surface area contributed by atoms with Crippen LogP contribution in [0.3, 0.4) is 0 Å². The van der Waals surface area contributed by atoms with Gasteiger partial charge in [-0.2, -0.15) is 0 Å². The molecule has 0 amide bonds. The third kappa shape index (κ3) is 3.96. The first-order chi connectivity index (χ1) is 17.2. The molecule has 5 heteroatoms. The summed E-state index contributed by atoms with van der Waals surface area (Å²) in [7, 11) is 0. The van der Waals surface area contributed by atoms with Crippen molar-refractivity contribution in [2.75, 3.05) is 21.3 Å². The summed E-state index contributed by atoms with van der Waals surface area (Å²) in [5, 5.41) is 0. The Morgan fingerprint density at radius 3 is 1.34 bits per heavy atom. The Morgan fingerprint density at radius 1 is 0.486 bits per heavy atom. The molecule has 4 N–H and O–H groups in total. The molecule has 5 aromatic carbocycles. The number of nitrogens with zero attached hydrogens (tertiary/aromatic N) is 2. The van der Waals surface area contributed by atoms with E-state index in [9.17, 15) is 0 Å². The van der Waals surface area contributed by atoms with Gasteiger partial charge >= 0.3 is 0 Å². The van der Waals surface area contributed by atoms with Gasteiger partial charge in [-0.05, 0) is 97.1 Å². The largest absolute Gasteiger partial charge is 0.399 e. The van der Waals surface area contributed by atoms with Crippen molar-refractivity contribution in [3.8, 4) is 0 Å². The minimum Gasteiger partial charge on any atom is -0.399 e. The molecule has 0 saturated carbocycles. The summed E-state index contributed by atoms with van der Waals surface area (Å²) in [6, 6.07) is 41.6. The Morgan fingerprint density at radius 2 is 0.886 bits per heavy atom. The minimum atomic E-state index is 0.738. The van der Waals surface area contributed by atoms with Crippen molar-refractivity contribution in [3.05, 3.63) is 121 Å². The predicted octanol–water partition coefficient (Wildman–Crippen LogP) is 8.26. The maximum absolute atomic E-state index is 5.96. The molecule has 4 nitrogen and oxygen atoms in total. The average molecular weight is 473 g/mol. The molecule has 35 heavy (non-hydrogen) atoms. The molecule has 6 rings (SSSR count). The van der Waals surface area contributed by atoms with Gasteiger partial charge in [-0.25, -0.2) is 0 Å². The summed E-state index contributed by atoms with van der Waals surface area (Å²) in [6.45, 7) is 0. The zero-order valence-electron chi connectivity index (χ0n) is 19.0. The highest BCUT2D eigenvalue weighted by Gasteiger charge is 2.24. The number of hydrogen-bond acceptors (Lipinski definition) is 5. The van der Waals surface area contributed by atoms with E-state index in [-0.39, 0.29) is 0 Å². The van der Waals surface area contributed by atoms with Gasteiger partial charge in [0.25, 0.3) is 0 Å². The molecule has 5 aromatic rings. The van der Waals surface area contributed by atoms with Gasteiger partial charge < -0.3 is 21.3 Å². The standard InChI is InChI=1S/C30H24N4S/c31-21-9-13-23(14-10-21)33(24-15-11-22(32)12-16-24)25-17-19-26(20-18-25)34-27-5-1-3-7-29(27)35-30-8-4-2-6-28(30)34/h1-20H,31-32H2. The fraction of sp³-hybridized carbons (Fsp3) is 0. The number of nitrogen functional groups attached to an aromatic ring is 2. The van der Waals surface area contributed by atoms with Crippen molar-refractivity contribution in [3.63, 3.8) is 0 Å². The topological polar surface area (TPSA) is 58.5 Å². The van der Waals surface area contributed by atoms with Crippen LogP contribution in [0.5, 0.6) is 0 Å². The van der Waals surface area contributed by atoms with Crippen molar-refractivity contribution in [1.29, 1.82) is 0 Å². The monoisotopic (exact) mass is 472 g/mol. The molecule has 1 aliphatic heterocycles. The van der Waals surface area contributed by atoms with E-state index in [1.807, 2.05) is 60.3 Å². The van der Waals surface area contributed by atoms with Crippen molar-refractivity contribution in [2.45, 2.75) is 9.79 Å². The van der Waals surface area contributed by atoms with Gasteiger partial charge in [0.2, 0.25) is 0 Å². The number of rotatable bonds is 4. The smallest absolute Gasteiger partial charge is 0.0601 e. The fourth-order valence-corrected chi connectivity index (χ4v) is 5.49. The van der Waals surface area contributed by atoms with Crippen LogP contribution in [0.2, 0.25) is 0 Å². The van der Waals surface area contributed by atoms with Crippen molar-refractivity contribution >= 4 is 57.3 Å². The van der Waals surface area contributed by atoms with Gasteiger partial charge in [0.15, 0.2) is 0 Å². The molecule has 0 unspecified atom stereocenters. The van der Waals surface area contributed by atoms with E-state index in [4.69, 9.17) is 11.5 Å². The van der Waals surface area contributed by atoms with Crippen LogP contribution in [0, 0.1) is 0 Å².